The van der Waals surface area contributed by atoms with E-state index in [-0.39, 0.29) is 5.91 Å². The molecule has 4 nitrogen and oxygen atoms in total. The highest BCUT2D eigenvalue weighted by atomic mass is 35.5. The molecule has 0 atom stereocenters. The van der Waals surface area contributed by atoms with Gasteiger partial charge in [0.2, 0.25) is 0 Å². The first-order chi connectivity index (χ1) is 10.1. The minimum absolute atomic E-state index is 0.222. The lowest BCUT2D eigenvalue weighted by Crippen LogP contribution is -2.09. The molecule has 0 spiro atoms. The topological polar surface area (TPSA) is 64.3 Å². The summed E-state index contributed by atoms with van der Waals surface area (Å²) in [6, 6.07) is 12.5. The van der Waals surface area contributed by atoms with Crippen molar-refractivity contribution in [1.29, 1.82) is 0 Å². The smallest absolute Gasteiger partial charge is 0.258 e. The van der Waals surface area contributed by atoms with Crippen molar-refractivity contribution in [3.05, 3.63) is 58.6 Å². The summed E-state index contributed by atoms with van der Waals surface area (Å²) in [6.07, 6.45) is 0. The van der Waals surface area contributed by atoms with Gasteiger partial charge in [0.1, 0.15) is 5.75 Å². The molecule has 1 aliphatic heterocycles. The highest BCUT2D eigenvalue weighted by Crippen LogP contribution is 2.36. The molecule has 0 radical (unpaired) electrons. The SMILES string of the molecule is COc1ccc(C(N)=C2C(=O)Nc3cc(Cl)ccc32)cc1. The maximum atomic E-state index is 12.2. The first-order valence-corrected chi connectivity index (χ1v) is 6.73. The number of halogens is 1. The van der Waals surface area contributed by atoms with Crippen molar-refractivity contribution in [2.75, 3.05) is 12.4 Å². The zero-order chi connectivity index (χ0) is 15.0. The van der Waals surface area contributed by atoms with Crippen LogP contribution in [-0.2, 0) is 4.79 Å². The van der Waals surface area contributed by atoms with Crippen molar-refractivity contribution in [3.8, 4) is 5.75 Å². The molecule has 2 aromatic rings. The Morgan fingerprint density at radius 1 is 1.19 bits per heavy atom. The van der Waals surface area contributed by atoms with Crippen LogP contribution in [0.15, 0.2) is 42.5 Å². The highest BCUT2D eigenvalue weighted by molar-refractivity contribution is 6.37. The number of carbonyl (C=O) groups is 1. The van der Waals surface area contributed by atoms with Crippen molar-refractivity contribution < 1.29 is 9.53 Å². The molecule has 0 aromatic heterocycles. The second-order valence-corrected chi connectivity index (χ2v) is 5.10. The van der Waals surface area contributed by atoms with E-state index in [1.807, 2.05) is 12.1 Å². The Labute approximate surface area is 127 Å². The molecule has 0 fully saturated rings. The number of methoxy groups -OCH3 is 1. The van der Waals surface area contributed by atoms with Gasteiger partial charge in [-0.25, -0.2) is 0 Å². The molecule has 1 heterocycles. The number of nitrogens with one attached hydrogen (secondary N) is 1. The molecule has 0 aliphatic carbocycles. The van der Waals surface area contributed by atoms with Crippen molar-refractivity contribution >= 4 is 34.5 Å². The number of hydrogen-bond acceptors (Lipinski definition) is 3. The molecule has 106 valence electrons. The molecule has 2 aromatic carbocycles. The Morgan fingerprint density at radius 3 is 2.57 bits per heavy atom. The fourth-order valence-corrected chi connectivity index (χ4v) is 2.50. The number of hydrogen-bond donors (Lipinski definition) is 2. The van der Waals surface area contributed by atoms with Gasteiger partial charge >= 0.3 is 0 Å². The minimum Gasteiger partial charge on any atom is -0.497 e. The first kappa shape index (κ1) is 13.5. The van der Waals surface area contributed by atoms with E-state index in [4.69, 9.17) is 22.1 Å². The molecular weight excluding hydrogens is 288 g/mol. The Kier molecular flexibility index (Phi) is 3.31. The van der Waals surface area contributed by atoms with Gasteiger partial charge in [0.05, 0.1) is 24.1 Å². The van der Waals surface area contributed by atoms with Crippen LogP contribution in [0.1, 0.15) is 11.1 Å². The zero-order valence-electron chi connectivity index (χ0n) is 11.3. The van der Waals surface area contributed by atoms with Crippen molar-refractivity contribution in [3.63, 3.8) is 0 Å². The summed E-state index contributed by atoms with van der Waals surface area (Å²) in [4.78, 5) is 12.2. The summed E-state index contributed by atoms with van der Waals surface area (Å²) in [5, 5.41) is 3.34. The fraction of sp³-hybridized carbons (Fsp3) is 0.0625. The van der Waals surface area contributed by atoms with Crippen LogP contribution >= 0.6 is 11.6 Å². The molecule has 3 rings (SSSR count). The summed E-state index contributed by atoms with van der Waals surface area (Å²) in [6.45, 7) is 0. The number of fused-ring (bicyclic) bond motifs is 1. The zero-order valence-corrected chi connectivity index (χ0v) is 12.1. The predicted octanol–water partition coefficient (Wildman–Crippen LogP) is 3.13. The van der Waals surface area contributed by atoms with Crippen LogP contribution in [0, 0.1) is 0 Å². The van der Waals surface area contributed by atoms with Crippen LogP contribution in [0.5, 0.6) is 5.75 Å². The molecule has 0 bridgehead atoms. The lowest BCUT2D eigenvalue weighted by Gasteiger charge is -2.07. The van der Waals surface area contributed by atoms with Crippen LogP contribution in [0.4, 0.5) is 5.69 Å². The van der Waals surface area contributed by atoms with E-state index in [0.717, 1.165) is 16.9 Å². The van der Waals surface area contributed by atoms with Crippen LogP contribution in [0.3, 0.4) is 0 Å². The molecule has 1 amide bonds. The molecule has 21 heavy (non-hydrogen) atoms. The Morgan fingerprint density at radius 2 is 1.90 bits per heavy atom. The van der Waals surface area contributed by atoms with Crippen LogP contribution < -0.4 is 15.8 Å². The number of carbonyl (C=O) groups excluding carboxylic acids is 1. The standard InChI is InChI=1S/C16H13ClN2O2/c1-21-11-5-2-9(3-6-11)15(18)14-12-7-4-10(17)8-13(12)19-16(14)20/h2-8H,18H2,1H3,(H,19,20). The second kappa shape index (κ2) is 5.14. The molecule has 1 aliphatic rings. The van der Waals surface area contributed by atoms with E-state index < -0.39 is 0 Å². The summed E-state index contributed by atoms with van der Waals surface area (Å²) in [5.74, 6) is 0.514. The van der Waals surface area contributed by atoms with Gasteiger partial charge in [0.25, 0.3) is 5.91 Å². The Balaban J connectivity index is 2.11. The lowest BCUT2D eigenvalue weighted by molar-refractivity contribution is -0.110. The van der Waals surface area contributed by atoms with E-state index in [2.05, 4.69) is 5.32 Å². The molecule has 0 unspecified atom stereocenters. The number of amides is 1. The van der Waals surface area contributed by atoms with E-state index in [0.29, 0.717) is 22.0 Å². The monoisotopic (exact) mass is 300 g/mol. The highest BCUT2D eigenvalue weighted by Gasteiger charge is 2.27. The molecule has 3 N–H and O–H groups in total. The maximum Gasteiger partial charge on any atom is 0.258 e. The number of rotatable bonds is 2. The summed E-state index contributed by atoms with van der Waals surface area (Å²) >= 11 is 5.94. The van der Waals surface area contributed by atoms with Crippen molar-refractivity contribution in [1.82, 2.24) is 0 Å². The first-order valence-electron chi connectivity index (χ1n) is 6.35. The fourth-order valence-electron chi connectivity index (χ4n) is 2.33. The molecular formula is C16H13ClN2O2. The number of anilines is 1. The van der Waals surface area contributed by atoms with Gasteiger partial charge in [0.15, 0.2) is 0 Å². The number of nitrogens with two attached hydrogens (primary N) is 1. The van der Waals surface area contributed by atoms with Gasteiger partial charge in [-0.3, -0.25) is 4.79 Å². The van der Waals surface area contributed by atoms with E-state index in [1.165, 1.54) is 0 Å². The average molecular weight is 301 g/mol. The summed E-state index contributed by atoms with van der Waals surface area (Å²) in [7, 11) is 1.60. The third-order valence-corrected chi connectivity index (χ3v) is 3.63. The van der Waals surface area contributed by atoms with Crippen molar-refractivity contribution in [2.24, 2.45) is 5.73 Å². The summed E-state index contributed by atoms with van der Waals surface area (Å²) in [5.41, 5.74) is 9.28. The second-order valence-electron chi connectivity index (χ2n) is 4.66. The van der Waals surface area contributed by atoms with Crippen LogP contribution in [-0.4, -0.2) is 13.0 Å². The molecule has 0 saturated heterocycles. The normalized spacial score (nSPS) is 15.4. The third-order valence-electron chi connectivity index (χ3n) is 3.40. The maximum absolute atomic E-state index is 12.2. The lowest BCUT2D eigenvalue weighted by atomic mass is 10.0. The Bertz CT molecular complexity index is 751. The quantitative estimate of drug-likeness (QED) is 0.838. The van der Waals surface area contributed by atoms with Gasteiger partial charge in [0, 0.05) is 10.6 Å². The van der Waals surface area contributed by atoms with Crippen LogP contribution in [0.25, 0.3) is 11.3 Å². The van der Waals surface area contributed by atoms with Gasteiger partial charge in [-0.15, -0.1) is 0 Å². The van der Waals surface area contributed by atoms with Gasteiger partial charge in [-0.1, -0.05) is 17.7 Å². The summed E-state index contributed by atoms with van der Waals surface area (Å²) < 4.78 is 5.11. The van der Waals surface area contributed by atoms with E-state index >= 15 is 0 Å². The van der Waals surface area contributed by atoms with Gasteiger partial charge in [-0.2, -0.15) is 0 Å². The average Bonchev–Trinajstić information content (AvgIpc) is 2.81. The Hall–Kier alpha value is -2.46. The number of ether oxygens (including phenoxy) is 1. The van der Waals surface area contributed by atoms with E-state index in [9.17, 15) is 4.79 Å². The largest absolute Gasteiger partial charge is 0.497 e. The van der Waals surface area contributed by atoms with Gasteiger partial charge in [-0.05, 0) is 42.0 Å². The predicted molar refractivity (Wildman–Crippen MR) is 84.1 cm³/mol. The van der Waals surface area contributed by atoms with E-state index in [1.54, 1.807) is 37.4 Å². The van der Waals surface area contributed by atoms with Crippen LogP contribution in [0.2, 0.25) is 5.02 Å². The molecule has 0 saturated carbocycles. The minimum atomic E-state index is -0.222. The third kappa shape index (κ3) is 2.34. The van der Waals surface area contributed by atoms with Gasteiger partial charge < -0.3 is 15.8 Å². The van der Waals surface area contributed by atoms with Crippen molar-refractivity contribution in [2.45, 2.75) is 0 Å². The number of benzene rings is 2. The molecule has 5 heteroatoms.